The van der Waals surface area contributed by atoms with E-state index in [9.17, 15) is 22.0 Å². The molecule has 0 aliphatic heterocycles. The second-order valence-corrected chi connectivity index (χ2v) is 5.15. The molecule has 0 radical (unpaired) electrons. The van der Waals surface area contributed by atoms with Crippen molar-refractivity contribution in [2.45, 2.75) is 12.2 Å². The molecule has 0 bridgehead atoms. The number of rotatable bonds is 2. The summed E-state index contributed by atoms with van der Waals surface area (Å²) < 4.78 is 64.8. The first-order chi connectivity index (χ1) is 9.71. The minimum atomic E-state index is -4.82. The van der Waals surface area contributed by atoms with Gasteiger partial charge in [-0.25, -0.2) is 8.78 Å². The summed E-state index contributed by atoms with van der Waals surface area (Å²) in [6, 6.07) is 5.52. The molecular weight excluding hydrogens is 357 g/mol. The minimum Gasteiger partial charge on any atom is -0.320 e. The Bertz CT molecular complexity index is 669. The lowest BCUT2D eigenvalue weighted by Crippen LogP contribution is -2.16. The normalized spacial score (nSPS) is 13.3. The van der Waals surface area contributed by atoms with E-state index in [2.05, 4.69) is 15.9 Å². The third-order valence-electron chi connectivity index (χ3n) is 2.97. The Morgan fingerprint density at radius 2 is 1.67 bits per heavy atom. The van der Waals surface area contributed by atoms with Gasteiger partial charge in [0, 0.05) is 0 Å². The molecule has 0 saturated carbocycles. The van der Waals surface area contributed by atoms with Crippen molar-refractivity contribution in [3.05, 3.63) is 69.2 Å². The van der Waals surface area contributed by atoms with E-state index in [4.69, 9.17) is 5.73 Å². The van der Waals surface area contributed by atoms with Gasteiger partial charge in [0.1, 0.15) is 11.6 Å². The van der Waals surface area contributed by atoms with Crippen LogP contribution in [0.25, 0.3) is 0 Å². The van der Waals surface area contributed by atoms with Crippen LogP contribution in [0.1, 0.15) is 22.7 Å². The lowest BCUT2D eigenvalue weighted by atomic mass is 9.97. The zero-order chi connectivity index (χ0) is 15.8. The number of alkyl halides is 3. The average Bonchev–Trinajstić information content (AvgIpc) is 2.40. The highest BCUT2D eigenvalue weighted by Crippen LogP contribution is 2.35. The van der Waals surface area contributed by atoms with Gasteiger partial charge >= 0.3 is 6.18 Å². The second-order valence-electron chi connectivity index (χ2n) is 4.36. The predicted molar refractivity (Wildman–Crippen MR) is 71.5 cm³/mol. The molecule has 0 heterocycles. The first kappa shape index (κ1) is 15.9. The van der Waals surface area contributed by atoms with E-state index < -0.39 is 29.4 Å². The Labute approximate surface area is 125 Å². The van der Waals surface area contributed by atoms with Crippen molar-refractivity contribution in [1.82, 2.24) is 0 Å². The van der Waals surface area contributed by atoms with Crippen LogP contribution in [0.2, 0.25) is 0 Å². The predicted octanol–water partition coefficient (Wildman–Crippen LogP) is 4.79. The number of halogens is 6. The van der Waals surface area contributed by atoms with Crippen molar-refractivity contribution in [2.24, 2.45) is 5.73 Å². The largest absolute Gasteiger partial charge is 0.419 e. The SMILES string of the molecule is NC(c1ccc(F)c(C(F)(F)F)c1)c1cccc(F)c1Br. The van der Waals surface area contributed by atoms with Gasteiger partial charge in [-0.2, -0.15) is 13.2 Å². The molecule has 0 spiro atoms. The van der Waals surface area contributed by atoms with Gasteiger partial charge in [0.05, 0.1) is 16.1 Å². The van der Waals surface area contributed by atoms with Gasteiger partial charge in [0.2, 0.25) is 0 Å². The standard InChI is InChI=1S/C14H9BrF5N/c15-12-8(2-1-3-11(12)17)13(21)7-4-5-10(16)9(6-7)14(18,19)20/h1-6,13H,21H2. The Hall–Kier alpha value is -1.47. The lowest BCUT2D eigenvalue weighted by molar-refractivity contribution is -0.140. The van der Waals surface area contributed by atoms with Gasteiger partial charge in [-0.1, -0.05) is 18.2 Å². The third-order valence-corrected chi connectivity index (χ3v) is 3.81. The molecule has 0 aliphatic carbocycles. The van der Waals surface area contributed by atoms with E-state index in [-0.39, 0.29) is 15.6 Å². The molecule has 21 heavy (non-hydrogen) atoms. The fourth-order valence-corrected chi connectivity index (χ4v) is 2.40. The van der Waals surface area contributed by atoms with Crippen molar-refractivity contribution in [3.8, 4) is 0 Å². The van der Waals surface area contributed by atoms with Gasteiger partial charge in [0.25, 0.3) is 0 Å². The molecule has 0 amide bonds. The fraction of sp³-hybridized carbons (Fsp3) is 0.143. The van der Waals surface area contributed by atoms with Crippen LogP contribution < -0.4 is 5.73 Å². The highest BCUT2D eigenvalue weighted by atomic mass is 79.9. The maximum absolute atomic E-state index is 13.4. The Morgan fingerprint density at radius 3 is 2.29 bits per heavy atom. The zero-order valence-electron chi connectivity index (χ0n) is 10.4. The summed E-state index contributed by atoms with van der Waals surface area (Å²) in [5, 5.41) is 0. The van der Waals surface area contributed by atoms with Gasteiger partial charge in [0.15, 0.2) is 0 Å². The monoisotopic (exact) mass is 365 g/mol. The molecule has 2 aromatic carbocycles. The van der Waals surface area contributed by atoms with Crippen LogP contribution in [0.3, 0.4) is 0 Å². The van der Waals surface area contributed by atoms with E-state index in [1.54, 1.807) is 0 Å². The first-order valence-corrected chi connectivity index (χ1v) is 6.57. The summed E-state index contributed by atoms with van der Waals surface area (Å²) in [4.78, 5) is 0. The molecule has 2 N–H and O–H groups in total. The van der Waals surface area contributed by atoms with Crippen LogP contribution in [-0.2, 0) is 6.18 Å². The summed E-state index contributed by atoms with van der Waals surface area (Å²) >= 11 is 3.00. The summed E-state index contributed by atoms with van der Waals surface area (Å²) in [6.45, 7) is 0. The second kappa shape index (κ2) is 5.73. The lowest BCUT2D eigenvalue weighted by Gasteiger charge is -2.17. The van der Waals surface area contributed by atoms with E-state index in [1.165, 1.54) is 18.2 Å². The molecule has 0 saturated heterocycles. The Kier molecular flexibility index (Phi) is 4.34. The molecule has 0 aliphatic rings. The summed E-state index contributed by atoms with van der Waals surface area (Å²) in [5.74, 6) is -1.96. The van der Waals surface area contributed by atoms with Crippen LogP contribution >= 0.6 is 15.9 Å². The van der Waals surface area contributed by atoms with Crippen molar-refractivity contribution in [2.75, 3.05) is 0 Å². The minimum absolute atomic E-state index is 0.0371. The first-order valence-electron chi connectivity index (χ1n) is 5.78. The zero-order valence-corrected chi connectivity index (χ0v) is 12.0. The van der Waals surface area contributed by atoms with Gasteiger partial charge in [-0.3, -0.25) is 0 Å². The molecule has 0 fully saturated rings. The average molecular weight is 366 g/mol. The number of hydrogen-bond acceptors (Lipinski definition) is 1. The van der Waals surface area contributed by atoms with E-state index in [0.29, 0.717) is 12.1 Å². The molecule has 2 aromatic rings. The van der Waals surface area contributed by atoms with Crippen molar-refractivity contribution in [3.63, 3.8) is 0 Å². The molecule has 112 valence electrons. The van der Waals surface area contributed by atoms with E-state index >= 15 is 0 Å². The molecule has 1 unspecified atom stereocenters. The van der Waals surface area contributed by atoms with E-state index in [1.807, 2.05) is 0 Å². The maximum Gasteiger partial charge on any atom is 0.419 e. The summed E-state index contributed by atoms with van der Waals surface area (Å²) in [7, 11) is 0. The van der Waals surface area contributed by atoms with Gasteiger partial charge < -0.3 is 5.73 Å². The summed E-state index contributed by atoms with van der Waals surface area (Å²) in [6.07, 6.45) is -4.82. The fourth-order valence-electron chi connectivity index (χ4n) is 1.89. The highest BCUT2D eigenvalue weighted by Gasteiger charge is 2.34. The van der Waals surface area contributed by atoms with Crippen LogP contribution in [0.15, 0.2) is 40.9 Å². The number of benzene rings is 2. The van der Waals surface area contributed by atoms with Crippen molar-refractivity contribution < 1.29 is 22.0 Å². The Morgan fingerprint density at radius 1 is 1.00 bits per heavy atom. The maximum atomic E-state index is 13.4. The van der Waals surface area contributed by atoms with Crippen LogP contribution in [0.4, 0.5) is 22.0 Å². The molecular formula is C14H9BrF5N. The smallest absolute Gasteiger partial charge is 0.320 e. The van der Waals surface area contributed by atoms with Crippen molar-refractivity contribution in [1.29, 1.82) is 0 Å². The van der Waals surface area contributed by atoms with Crippen LogP contribution in [-0.4, -0.2) is 0 Å². The topological polar surface area (TPSA) is 26.0 Å². The molecule has 2 rings (SSSR count). The summed E-state index contributed by atoms with van der Waals surface area (Å²) in [5.41, 5.74) is 4.77. The van der Waals surface area contributed by atoms with Crippen LogP contribution in [0, 0.1) is 11.6 Å². The highest BCUT2D eigenvalue weighted by molar-refractivity contribution is 9.10. The van der Waals surface area contributed by atoms with E-state index in [0.717, 1.165) is 6.07 Å². The molecule has 1 atom stereocenters. The number of nitrogens with two attached hydrogens (primary N) is 1. The molecule has 7 heteroatoms. The quantitative estimate of drug-likeness (QED) is 0.760. The molecule has 1 nitrogen and oxygen atoms in total. The van der Waals surface area contributed by atoms with Gasteiger partial charge in [-0.15, -0.1) is 0 Å². The Balaban J connectivity index is 2.49. The van der Waals surface area contributed by atoms with Crippen LogP contribution in [0.5, 0.6) is 0 Å². The van der Waals surface area contributed by atoms with Gasteiger partial charge in [-0.05, 0) is 45.3 Å². The van der Waals surface area contributed by atoms with Crippen molar-refractivity contribution >= 4 is 15.9 Å². The number of hydrogen-bond donors (Lipinski definition) is 1. The third kappa shape index (κ3) is 3.24. The molecule has 0 aromatic heterocycles.